The number of aromatic nitrogens is 1. The lowest BCUT2D eigenvalue weighted by atomic mass is 10.1. The van der Waals surface area contributed by atoms with Gasteiger partial charge in [0.2, 0.25) is 0 Å². The van der Waals surface area contributed by atoms with Gasteiger partial charge in [0.25, 0.3) is 0 Å². The van der Waals surface area contributed by atoms with Crippen LogP contribution in [0.2, 0.25) is 0 Å². The van der Waals surface area contributed by atoms with E-state index in [-0.39, 0.29) is 5.54 Å². The van der Waals surface area contributed by atoms with Crippen LogP contribution in [0.25, 0.3) is 0 Å². The number of nitrogens with one attached hydrogen (secondary N) is 1. The fourth-order valence-electron chi connectivity index (χ4n) is 1.77. The van der Waals surface area contributed by atoms with Crippen molar-refractivity contribution in [2.75, 3.05) is 18.0 Å². The number of pyridine rings is 1. The zero-order valence-electron chi connectivity index (χ0n) is 12.3. The average Bonchev–Trinajstić information content (AvgIpc) is 2.36. The zero-order valence-corrected chi connectivity index (χ0v) is 12.3. The monoisotopic (exact) mass is 259 g/mol. The average molecular weight is 259 g/mol. The van der Waals surface area contributed by atoms with Gasteiger partial charge >= 0.3 is 0 Å². The Hall–Kier alpha value is -1.61. The van der Waals surface area contributed by atoms with Gasteiger partial charge in [-0.3, -0.25) is 0 Å². The predicted octanol–water partition coefficient (Wildman–Crippen LogP) is 3.15. The lowest BCUT2D eigenvalue weighted by Gasteiger charge is -2.25. The minimum absolute atomic E-state index is 0.0921. The lowest BCUT2D eigenvalue weighted by molar-refractivity contribution is 0.424. The largest absolute Gasteiger partial charge is 0.349 e. The number of rotatable bonds is 7. The first kappa shape index (κ1) is 15.4. The summed E-state index contributed by atoms with van der Waals surface area (Å²) in [6, 6.07) is 4.09. The van der Waals surface area contributed by atoms with Crippen LogP contribution in [-0.4, -0.2) is 23.6 Å². The second-order valence-corrected chi connectivity index (χ2v) is 5.57. The molecule has 1 aromatic rings. The second-order valence-electron chi connectivity index (χ2n) is 5.57. The molecule has 1 N–H and O–H groups in total. The zero-order chi connectivity index (χ0) is 14.3. The van der Waals surface area contributed by atoms with Crippen LogP contribution < -0.4 is 10.2 Å². The van der Waals surface area contributed by atoms with Gasteiger partial charge in [-0.05, 0) is 26.8 Å². The summed E-state index contributed by atoms with van der Waals surface area (Å²) in [6.45, 7) is 16.4. The molecule has 104 valence electrons. The molecule has 0 aromatic carbocycles. The number of anilines is 1. The number of hydrogen-bond acceptors (Lipinski definition) is 3. The minimum atomic E-state index is 0.0921. The summed E-state index contributed by atoms with van der Waals surface area (Å²) < 4.78 is 0. The molecule has 0 saturated heterocycles. The van der Waals surface area contributed by atoms with Crippen LogP contribution in [0.4, 0.5) is 5.82 Å². The summed E-state index contributed by atoms with van der Waals surface area (Å²) in [5.41, 5.74) is 1.29. The molecule has 1 rings (SSSR count). The van der Waals surface area contributed by atoms with E-state index in [1.165, 1.54) is 5.56 Å². The van der Waals surface area contributed by atoms with E-state index in [9.17, 15) is 0 Å². The van der Waals surface area contributed by atoms with Crippen molar-refractivity contribution in [3.05, 3.63) is 49.2 Å². The third-order valence-corrected chi connectivity index (χ3v) is 2.68. The van der Waals surface area contributed by atoms with Crippen LogP contribution >= 0.6 is 0 Å². The van der Waals surface area contributed by atoms with Gasteiger partial charge in [0.1, 0.15) is 5.82 Å². The van der Waals surface area contributed by atoms with E-state index in [1.54, 1.807) is 0 Å². The van der Waals surface area contributed by atoms with Crippen molar-refractivity contribution in [2.45, 2.75) is 32.9 Å². The Bertz CT molecular complexity index is 408. The first-order valence-electron chi connectivity index (χ1n) is 6.63. The third kappa shape index (κ3) is 5.26. The van der Waals surface area contributed by atoms with E-state index in [4.69, 9.17) is 0 Å². The summed E-state index contributed by atoms with van der Waals surface area (Å²) in [5, 5.41) is 3.50. The first-order valence-corrected chi connectivity index (χ1v) is 6.63. The summed E-state index contributed by atoms with van der Waals surface area (Å²) in [5.74, 6) is 0.999. The van der Waals surface area contributed by atoms with E-state index < -0.39 is 0 Å². The Morgan fingerprint density at radius 3 is 2.42 bits per heavy atom. The standard InChI is InChI=1S/C16H25N3/c1-6-11-19(12-7-2)15-14(9-8-10-17-15)13-18-16(3,4)5/h6-10,18H,1-2,11-13H2,3-5H3. The van der Waals surface area contributed by atoms with Crippen LogP contribution in [0.1, 0.15) is 26.3 Å². The molecule has 0 aliphatic heterocycles. The van der Waals surface area contributed by atoms with Crippen molar-refractivity contribution < 1.29 is 0 Å². The number of nitrogens with zero attached hydrogens (tertiary/aromatic N) is 2. The third-order valence-electron chi connectivity index (χ3n) is 2.68. The normalized spacial score (nSPS) is 11.1. The topological polar surface area (TPSA) is 28.2 Å². The van der Waals surface area contributed by atoms with Gasteiger partial charge in [-0.1, -0.05) is 18.2 Å². The van der Waals surface area contributed by atoms with Crippen molar-refractivity contribution in [3.8, 4) is 0 Å². The van der Waals surface area contributed by atoms with Crippen LogP contribution in [0.3, 0.4) is 0 Å². The highest BCUT2D eigenvalue weighted by atomic mass is 15.2. The molecule has 19 heavy (non-hydrogen) atoms. The SMILES string of the molecule is C=CCN(CC=C)c1ncccc1CNC(C)(C)C. The Labute approximate surface area is 117 Å². The van der Waals surface area contributed by atoms with Gasteiger partial charge < -0.3 is 10.2 Å². The van der Waals surface area contributed by atoms with E-state index in [2.05, 4.69) is 55.2 Å². The van der Waals surface area contributed by atoms with Crippen molar-refractivity contribution in [1.82, 2.24) is 10.3 Å². The van der Waals surface area contributed by atoms with Crippen molar-refractivity contribution in [1.29, 1.82) is 0 Å². The van der Waals surface area contributed by atoms with Gasteiger partial charge in [-0.15, -0.1) is 13.2 Å². The maximum absolute atomic E-state index is 4.51. The smallest absolute Gasteiger partial charge is 0.133 e. The molecule has 0 aliphatic carbocycles. The van der Waals surface area contributed by atoms with Crippen molar-refractivity contribution in [2.24, 2.45) is 0 Å². The van der Waals surface area contributed by atoms with Crippen LogP contribution in [0.5, 0.6) is 0 Å². The molecule has 0 atom stereocenters. The van der Waals surface area contributed by atoms with Gasteiger partial charge in [-0.2, -0.15) is 0 Å². The van der Waals surface area contributed by atoms with Gasteiger partial charge in [0.15, 0.2) is 0 Å². The maximum atomic E-state index is 4.51. The molecule has 0 radical (unpaired) electrons. The minimum Gasteiger partial charge on any atom is -0.349 e. The fourth-order valence-corrected chi connectivity index (χ4v) is 1.77. The summed E-state index contributed by atoms with van der Waals surface area (Å²) >= 11 is 0. The Morgan fingerprint density at radius 2 is 1.89 bits per heavy atom. The summed E-state index contributed by atoms with van der Waals surface area (Å²) in [6.07, 6.45) is 5.60. The van der Waals surface area contributed by atoms with E-state index >= 15 is 0 Å². The Kier molecular flexibility index (Phi) is 5.77. The molecule has 0 amide bonds. The molecule has 3 heteroatoms. The maximum Gasteiger partial charge on any atom is 0.133 e. The van der Waals surface area contributed by atoms with E-state index in [0.29, 0.717) is 0 Å². The Balaban J connectivity index is 2.92. The van der Waals surface area contributed by atoms with Crippen molar-refractivity contribution >= 4 is 5.82 Å². The highest BCUT2D eigenvalue weighted by Gasteiger charge is 2.13. The molecular weight excluding hydrogens is 234 g/mol. The highest BCUT2D eigenvalue weighted by molar-refractivity contribution is 5.47. The summed E-state index contributed by atoms with van der Waals surface area (Å²) in [7, 11) is 0. The fraction of sp³-hybridized carbons (Fsp3) is 0.438. The van der Waals surface area contributed by atoms with Crippen LogP contribution in [-0.2, 0) is 6.54 Å². The van der Waals surface area contributed by atoms with Gasteiger partial charge in [0, 0.05) is 36.9 Å². The van der Waals surface area contributed by atoms with Crippen LogP contribution in [0.15, 0.2) is 43.6 Å². The molecule has 3 nitrogen and oxygen atoms in total. The lowest BCUT2D eigenvalue weighted by Crippen LogP contribution is -2.36. The molecule has 0 spiro atoms. The van der Waals surface area contributed by atoms with Crippen molar-refractivity contribution in [3.63, 3.8) is 0 Å². The predicted molar refractivity (Wildman–Crippen MR) is 83.4 cm³/mol. The molecule has 0 saturated carbocycles. The number of hydrogen-bond donors (Lipinski definition) is 1. The first-order chi connectivity index (χ1) is 8.98. The molecule has 0 unspecified atom stereocenters. The summed E-state index contributed by atoms with van der Waals surface area (Å²) in [4.78, 5) is 6.67. The van der Waals surface area contributed by atoms with E-state index in [0.717, 1.165) is 25.5 Å². The molecule has 0 aliphatic rings. The molecule has 0 fully saturated rings. The van der Waals surface area contributed by atoms with Gasteiger partial charge in [0.05, 0.1) is 0 Å². The van der Waals surface area contributed by atoms with Gasteiger partial charge in [-0.25, -0.2) is 4.98 Å². The molecule has 0 bridgehead atoms. The van der Waals surface area contributed by atoms with E-state index in [1.807, 2.05) is 24.4 Å². The highest BCUT2D eigenvalue weighted by Crippen LogP contribution is 2.18. The molecule has 1 aromatic heterocycles. The van der Waals surface area contributed by atoms with Crippen LogP contribution in [0, 0.1) is 0 Å². The second kappa shape index (κ2) is 7.10. The molecule has 1 heterocycles. The Morgan fingerprint density at radius 1 is 1.26 bits per heavy atom. The molecular formula is C16H25N3. The quantitative estimate of drug-likeness (QED) is 0.762.